The third kappa shape index (κ3) is 12.5. The summed E-state index contributed by atoms with van der Waals surface area (Å²) in [5.74, 6) is 1.52. The molecule has 0 spiro atoms. The third-order valence-electron chi connectivity index (χ3n) is 6.38. The van der Waals surface area contributed by atoms with E-state index in [1.165, 1.54) is 0 Å². The highest BCUT2D eigenvalue weighted by atomic mass is 35.5. The molecule has 0 amide bonds. The van der Waals surface area contributed by atoms with Gasteiger partial charge in [-0.1, -0.05) is 45.2 Å². The number of halogens is 2. The van der Waals surface area contributed by atoms with Crippen LogP contribution >= 0.6 is 11.6 Å². The van der Waals surface area contributed by atoms with Gasteiger partial charge in [-0.15, -0.1) is 0 Å². The highest BCUT2D eigenvalue weighted by Crippen LogP contribution is 2.33. The molecule has 0 unspecified atom stereocenters. The van der Waals surface area contributed by atoms with E-state index in [0.29, 0.717) is 48.0 Å². The average molecular weight is 554 g/mol. The number of aliphatic hydroxyl groups is 1. The number of nitrogens with one attached hydrogen (secondary N) is 1. The number of nitrogens with zero attached hydrogens (tertiary/aromatic N) is 2. The topological polar surface area (TPSA) is 99.7 Å². The summed E-state index contributed by atoms with van der Waals surface area (Å²) < 4.78 is 23.4. The Kier molecular flexibility index (Phi) is 16.1. The van der Waals surface area contributed by atoms with Crippen molar-refractivity contribution in [2.24, 2.45) is 0 Å². The van der Waals surface area contributed by atoms with Gasteiger partial charge in [-0.05, 0) is 50.9 Å². The number of oxazole rings is 1. The monoisotopic (exact) mass is 553 g/mol. The van der Waals surface area contributed by atoms with Crippen molar-refractivity contribution in [3.05, 3.63) is 35.3 Å². The van der Waals surface area contributed by atoms with Gasteiger partial charge in [0.25, 0.3) is 0 Å². The Balaban J connectivity index is 0.000000432. The maximum absolute atomic E-state index is 12.2. The van der Waals surface area contributed by atoms with Gasteiger partial charge in [0.1, 0.15) is 11.5 Å². The van der Waals surface area contributed by atoms with E-state index in [1.54, 1.807) is 25.4 Å². The van der Waals surface area contributed by atoms with E-state index in [2.05, 4.69) is 9.88 Å². The lowest BCUT2D eigenvalue weighted by Gasteiger charge is -2.35. The lowest BCUT2D eigenvalue weighted by molar-refractivity contribution is -0.118. The number of Topliss-reactive ketones (excluding diaryl/α,β-unsaturated/α-hetero) is 1. The number of ether oxygens (including phenoxy) is 1. The lowest BCUT2D eigenvalue weighted by Crippen LogP contribution is -2.43. The molecule has 1 saturated heterocycles. The average Bonchev–Trinajstić information content (AvgIpc) is 3.37. The van der Waals surface area contributed by atoms with Gasteiger partial charge in [0, 0.05) is 43.8 Å². The molecular weight excluding hydrogens is 509 g/mol. The summed E-state index contributed by atoms with van der Waals surface area (Å²) in [5, 5.41) is 17.0. The van der Waals surface area contributed by atoms with E-state index in [1.807, 2.05) is 33.9 Å². The molecule has 0 radical (unpaired) electrons. The first kappa shape index (κ1) is 33.7. The molecule has 0 bridgehead atoms. The van der Waals surface area contributed by atoms with Crippen molar-refractivity contribution in [3.8, 4) is 17.1 Å². The van der Waals surface area contributed by atoms with E-state index < -0.39 is 11.6 Å². The number of unbranched alkanes of at least 4 members (excludes halogenated alkanes) is 3. The molecule has 2 heterocycles. The van der Waals surface area contributed by atoms with E-state index in [4.69, 9.17) is 26.2 Å². The molecule has 0 saturated carbocycles. The van der Waals surface area contributed by atoms with Gasteiger partial charge >= 0.3 is 0 Å². The predicted octanol–water partition coefficient (Wildman–Crippen LogP) is 7.28. The minimum absolute atomic E-state index is 0.124. The first-order chi connectivity index (χ1) is 18.2. The van der Waals surface area contributed by atoms with Crippen LogP contribution in [0.5, 0.6) is 5.75 Å². The number of ketones is 1. The minimum atomic E-state index is -0.960. The number of aryl methyl sites for hydroxylation is 1. The summed E-state index contributed by atoms with van der Waals surface area (Å²) in [4.78, 5) is 17.7. The van der Waals surface area contributed by atoms with Gasteiger partial charge in [-0.25, -0.2) is 4.98 Å². The van der Waals surface area contributed by atoms with Crippen LogP contribution in [-0.2, 0) is 11.2 Å². The van der Waals surface area contributed by atoms with Crippen molar-refractivity contribution in [3.63, 3.8) is 0 Å². The second-order valence-corrected chi connectivity index (χ2v) is 9.82. The molecular formula is C29H45ClFN3O4. The molecule has 1 aromatic carbocycles. The Hall–Kier alpha value is -2.29. The zero-order chi connectivity index (χ0) is 28.6. The molecule has 38 heavy (non-hydrogen) atoms. The van der Waals surface area contributed by atoms with Crippen LogP contribution in [0.2, 0.25) is 5.02 Å². The van der Waals surface area contributed by atoms with Gasteiger partial charge in [-0.3, -0.25) is 10.2 Å². The number of piperidine rings is 1. The summed E-state index contributed by atoms with van der Waals surface area (Å²) in [6, 6.07) is 5.44. The molecule has 2 N–H and O–H groups in total. The van der Waals surface area contributed by atoms with Crippen molar-refractivity contribution in [2.45, 2.75) is 90.6 Å². The standard InChI is InChI=1S/C19H24ClNO3.C8H15FN2O.C2H6/c1-3-15(22)8-6-4-5-7-9-19-21-13-18(24-19)16-11-10-14(20)12-17(16)23-2;1-11-4-2-8(12,3-5-11)6-7(9)10;1-2/h10-13H,3-9H2,1-2H3;10,12H,2-6H2,1H3;1-2H3. The van der Waals surface area contributed by atoms with Crippen LogP contribution < -0.4 is 4.74 Å². The number of hydrogen-bond acceptors (Lipinski definition) is 7. The van der Waals surface area contributed by atoms with Crippen LogP contribution in [-0.4, -0.2) is 59.6 Å². The number of hydrogen-bond donors (Lipinski definition) is 2. The van der Waals surface area contributed by atoms with Crippen molar-refractivity contribution >= 4 is 23.3 Å². The van der Waals surface area contributed by atoms with Crippen LogP contribution in [0.3, 0.4) is 0 Å². The zero-order valence-electron chi connectivity index (χ0n) is 23.6. The predicted molar refractivity (Wildman–Crippen MR) is 152 cm³/mol. The summed E-state index contributed by atoms with van der Waals surface area (Å²) in [6.45, 7) is 7.48. The molecule has 7 nitrogen and oxygen atoms in total. The molecule has 2 aromatic rings. The van der Waals surface area contributed by atoms with E-state index in [0.717, 1.165) is 56.6 Å². The normalized spacial score (nSPS) is 14.5. The first-order valence-electron chi connectivity index (χ1n) is 13.6. The smallest absolute Gasteiger partial charge is 0.194 e. The number of aromatic nitrogens is 1. The number of carbonyl (C=O) groups excluding carboxylic acids is 1. The molecule has 214 valence electrons. The molecule has 9 heteroatoms. The Morgan fingerprint density at radius 1 is 1.24 bits per heavy atom. The van der Waals surface area contributed by atoms with Crippen LogP contribution in [0, 0.1) is 5.41 Å². The quantitative estimate of drug-likeness (QED) is 0.211. The molecule has 0 atom stereocenters. The number of carbonyl (C=O) groups is 1. The Bertz CT molecular complexity index is 974. The van der Waals surface area contributed by atoms with Crippen molar-refractivity contribution < 1.29 is 23.4 Å². The van der Waals surface area contributed by atoms with Crippen LogP contribution in [0.1, 0.15) is 84.4 Å². The van der Waals surface area contributed by atoms with Gasteiger partial charge in [0.15, 0.2) is 17.6 Å². The van der Waals surface area contributed by atoms with Crippen molar-refractivity contribution in [2.75, 3.05) is 27.2 Å². The summed E-state index contributed by atoms with van der Waals surface area (Å²) in [5.41, 5.74) is -0.114. The second kappa shape index (κ2) is 18.1. The second-order valence-electron chi connectivity index (χ2n) is 9.38. The largest absolute Gasteiger partial charge is 0.496 e. The molecule has 3 rings (SSSR count). The molecule has 1 fully saturated rings. The Morgan fingerprint density at radius 3 is 2.50 bits per heavy atom. The summed E-state index contributed by atoms with van der Waals surface area (Å²) in [7, 11) is 3.58. The lowest BCUT2D eigenvalue weighted by atomic mass is 9.89. The fraction of sp³-hybridized carbons (Fsp3) is 0.621. The van der Waals surface area contributed by atoms with Crippen molar-refractivity contribution in [1.29, 1.82) is 5.41 Å². The third-order valence-corrected chi connectivity index (χ3v) is 6.61. The fourth-order valence-electron chi connectivity index (χ4n) is 4.05. The van der Waals surface area contributed by atoms with E-state index >= 15 is 0 Å². The van der Waals surface area contributed by atoms with Gasteiger partial charge in [-0.2, -0.15) is 4.39 Å². The summed E-state index contributed by atoms with van der Waals surface area (Å²) in [6.07, 6.45) is 9.03. The van der Waals surface area contributed by atoms with Gasteiger partial charge in [0.05, 0.1) is 24.5 Å². The highest BCUT2D eigenvalue weighted by molar-refractivity contribution is 6.30. The minimum Gasteiger partial charge on any atom is -0.496 e. The molecule has 1 aliphatic heterocycles. The molecule has 0 aliphatic carbocycles. The van der Waals surface area contributed by atoms with Crippen LogP contribution in [0.25, 0.3) is 11.3 Å². The molecule has 1 aliphatic rings. The maximum Gasteiger partial charge on any atom is 0.194 e. The maximum atomic E-state index is 12.2. The van der Waals surface area contributed by atoms with Crippen molar-refractivity contribution in [1.82, 2.24) is 9.88 Å². The Labute approximate surface area is 232 Å². The molecule has 1 aromatic heterocycles. The number of methoxy groups -OCH3 is 1. The fourth-order valence-corrected chi connectivity index (χ4v) is 4.21. The van der Waals surface area contributed by atoms with Crippen LogP contribution in [0.4, 0.5) is 4.39 Å². The zero-order valence-corrected chi connectivity index (χ0v) is 24.4. The highest BCUT2D eigenvalue weighted by Gasteiger charge is 2.32. The van der Waals surface area contributed by atoms with E-state index in [-0.39, 0.29) is 6.42 Å². The summed E-state index contributed by atoms with van der Waals surface area (Å²) >= 11 is 5.98. The Morgan fingerprint density at radius 2 is 1.89 bits per heavy atom. The van der Waals surface area contributed by atoms with E-state index in [9.17, 15) is 14.3 Å². The number of benzene rings is 1. The first-order valence-corrected chi connectivity index (χ1v) is 14.0. The van der Waals surface area contributed by atoms with Crippen LogP contribution in [0.15, 0.2) is 28.8 Å². The number of likely N-dealkylation sites (tertiary alicyclic amines) is 1. The SMILES string of the molecule is CC.CCC(=O)CCCCCCc1ncc(-c2ccc(Cl)cc2OC)o1.CN1CCC(O)(CC(=N)F)CC1. The van der Waals surface area contributed by atoms with Gasteiger partial charge in [0.2, 0.25) is 0 Å². The van der Waals surface area contributed by atoms with Gasteiger partial charge < -0.3 is 19.2 Å². The number of rotatable bonds is 12.